The topological polar surface area (TPSA) is 140 Å². The summed E-state index contributed by atoms with van der Waals surface area (Å²) in [6, 6.07) is 13.7. The second kappa shape index (κ2) is 14.5. The summed E-state index contributed by atoms with van der Waals surface area (Å²) < 4.78 is 21.4. The molecule has 4 aromatic rings. The molecule has 0 bridgehead atoms. The van der Waals surface area contributed by atoms with Gasteiger partial charge >= 0.3 is 0 Å². The molecular weight excluding hydrogens is 689 g/mol. The first kappa shape index (κ1) is 35.7. The number of nitrogens with zero attached hydrogens (tertiary/aromatic N) is 4. The van der Waals surface area contributed by atoms with Crippen LogP contribution in [0.3, 0.4) is 0 Å². The number of fused-ring (bicyclic) bond motifs is 2. The number of likely N-dealkylation sites (N-methyl/N-ethyl adjacent to an activating group) is 1. The lowest BCUT2D eigenvalue weighted by Gasteiger charge is -2.52. The Morgan fingerprint density at radius 1 is 1.13 bits per heavy atom. The third-order valence-corrected chi connectivity index (χ3v) is 12.1. The van der Waals surface area contributed by atoms with Crippen molar-refractivity contribution in [3.05, 3.63) is 82.9 Å². The zero-order valence-corrected chi connectivity index (χ0v) is 30.7. The first-order chi connectivity index (χ1) is 26.1. The molecule has 4 aliphatic rings. The second-order valence-corrected chi connectivity index (χ2v) is 15.4. The maximum atomic E-state index is 15.3. The summed E-state index contributed by atoms with van der Waals surface area (Å²) >= 11 is 0. The van der Waals surface area contributed by atoms with E-state index in [0.717, 1.165) is 92.3 Å². The van der Waals surface area contributed by atoms with Gasteiger partial charge in [0.2, 0.25) is 5.91 Å². The van der Waals surface area contributed by atoms with Crippen molar-refractivity contribution in [2.45, 2.75) is 76.1 Å². The van der Waals surface area contributed by atoms with Crippen molar-refractivity contribution in [3.8, 4) is 5.75 Å². The standard InChI is InChI=1S/C41H46FN7O5/c1-43-39(52)36(9-5-17-50)49-24-30-28(40(49)53)6-3-7-34(30)48-15-12-41(13-16-48)21-27(22-41)54-26-10-11-29(31(42)19-26)38(51)46-37-20-32-25(23-44-37)18-33(45-32)35-8-4-14-47(35)2/h3,6-7,10-11,17-20,23,27,35-36,45H,4-5,8-9,12-16,21-22,24H2,1-2H3,(H,43,52)(H,44,46,51). The first-order valence-electron chi connectivity index (χ1n) is 18.9. The number of halogens is 1. The van der Waals surface area contributed by atoms with E-state index in [0.29, 0.717) is 29.7 Å². The number of ether oxygens (including phenoxy) is 1. The number of anilines is 2. The molecule has 2 aromatic carbocycles. The number of carbonyl (C=O) groups excluding carboxylic acids is 4. The van der Waals surface area contributed by atoms with Gasteiger partial charge in [-0.3, -0.25) is 19.3 Å². The Labute approximate surface area is 313 Å². The largest absolute Gasteiger partial charge is 0.490 e. The Kier molecular flexibility index (Phi) is 9.59. The minimum absolute atomic E-state index is 0.0403. The molecule has 282 valence electrons. The molecule has 2 saturated heterocycles. The number of nitrogens with one attached hydrogen (secondary N) is 3. The quantitative estimate of drug-likeness (QED) is 0.169. The highest BCUT2D eigenvalue weighted by Crippen LogP contribution is 2.51. The van der Waals surface area contributed by atoms with Gasteiger partial charge in [0.05, 0.1) is 17.2 Å². The molecule has 1 aliphatic carbocycles. The number of aromatic nitrogens is 2. The summed E-state index contributed by atoms with van der Waals surface area (Å²) in [4.78, 5) is 64.3. The molecule has 54 heavy (non-hydrogen) atoms. The second-order valence-electron chi connectivity index (χ2n) is 15.4. The minimum atomic E-state index is -0.702. The van der Waals surface area contributed by atoms with Gasteiger partial charge in [-0.2, -0.15) is 0 Å². The maximum Gasteiger partial charge on any atom is 0.259 e. The number of pyridine rings is 1. The van der Waals surface area contributed by atoms with Gasteiger partial charge in [-0.1, -0.05) is 6.07 Å². The molecule has 3 amide bonds. The summed E-state index contributed by atoms with van der Waals surface area (Å²) in [5.74, 6) is -0.944. The fourth-order valence-electron chi connectivity index (χ4n) is 9.06. The van der Waals surface area contributed by atoms with Crippen molar-refractivity contribution in [2.24, 2.45) is 5.41 Å². The Morgan fingerprint density at radius 3 is 2.67 bits per heavy atom. The van der Waals surface area contributed by atoms with Crippen LogP contribution in [-0.2, 0) is 16.1 Å². The predicted octanol–water partition coefficient (Wildman–Crippen LogP) is 5.60. The van der Waals surface area contributed by atoms with E-state index in [1.807, 2.05) is 18.2 Å². The minimum Gasteiger partial charge on any atom is -0.490 e. The van der Waals surface area contributed by atoms with Crippen LogP contribution in [-0.4, -0.2) is 89.7 Å². The molecular formula is C41H46FN7O5. The number of aromatic amines is 1. The molecule has 2 unspecified atom stereocenters. The van der Waals surface area contributed by atoms with Crippen molar-refractivity contribution in [1.29, 1.82) is 0 Å². The number of aldehydes is 1. The molecule has 13 heteroatoms. The summed E-state index contributed by atoms with van der Waals surface area (Å²) in [5.41, 5.74) is 4.60. The van der Waals surface area contributed by atoms with Gasteiger partial charge < -0.3 is 34.9 Å². The van der Waals surface area contributed by atoms with Crippen LogP contribution in [0.4, 0.5) is 15.9 Å². The van der Waals surface area contributed by atoms with Crippen LogP contribution in [0.2, 0.25) is 0 Å². The van der Waals surface area contributed by atoms with E-state index in [4.69, 9.17) is 4.74 Å². The van der Waals surface area contributed by atoms with E-state index in [1.54, 1.807) is 30.3 Å². The Morgan fingerprint density at radius 2 is 1.94 bits per heavy atom. The van der Waals surface area contributed by atoms with Crippen molar-refractivity contribution >= 4 is 46.4 Å². The molecule has 3 fully saturated rings. The van der Waals surface area contributed by atoms with Crippen molar-refractivity contribution in [3.63, 3.8) is 0 Å². The number of likely N-dealkylation sites (tertiary alicyclic amines) is 1. The molecule has 2 aromatic heterocycles. The van der Waals surface area contributed by atoms with Crippen LogP contribution in [0.15, 0.2) is 54.7 Å². The number of hydrogen-bond donors (Lipinski definition) is 3. The van der Waals surface area contributed by atoms with E-state index >= 15 is 4.39 Å². The van der Waals surface area contributed by atoms with Crippen molar-refractivity contribution < 1.29 is 28.3 Å². The summed E-state index contributed by atoms with van der Waals surface area (Å²) in [5, 5.41) is 6.34. The summed E-state index contributed by atoms with van der Waals surface area (Å²) in [6.45, 7) is 3.04. The number of amides is 3. The van der Waals surface area contributed by atoms with Gasteiger partial charge in [-0.25, -0.2) is 9.37 Å². The summed E-state index contributed by atoms with van der Waals surface area (Å²) in [6.07, 6.45) is 8.83. The summed E-state index contributed by atoms with van der Waals surface area (Å²) in [7, 11) is 3.66. The van der Waals surface area contributed by atoms with E-state index in [9.17, 15) is 19.2 Å². The highest BCUT2D eigenvalue weighted by molar-refractivity contribution is 6.05. The average Bonchev–Trinajstić information content (AvgIpc) is 3.87. The molecule has 8 rings (SSSR count). The molecule has 2 atom stereocenters. The van der Waals surface area contributed by atoms with Gasteiger partial charge in [0.15, 0.2) is 0 Å². The fraction of sp³-hybridized carbons (Fsp3) is 0.439. The van der Waals surface area contributed by atoms with Crippen LogP contribution >= 0.6 is 0 Å². The van der Waals surface area contributed by atoms with Crippen LogP contribution in [0.5, 0.6) is 5.75 Å². The van der Waals surface area contributed by atoms with Gasteiger partial charge in [-0.15, -0.1) is 0 Å². The van der Waals surface area contributed by atoms with E-state index in [-0.39, 0.29) is 41.7 Å². The molecule has 3 N–H and O–H groups in total. The van der Waals surface area contributed by atoms with E-state index in [1.165, 1.54) is 12.1 Å². The Balaban J connectivity index is 0.847. The number of piperidine rings is 1. The number of carbonyl (C=O) groups is 4. The van der Waals surface area contributed by atoms with Crippen LogP contribution < -0.4 is 20.3 Å². The first-order valence-corrected chi connectivity index (χ1v) is 18.9. The monoisotopic (exact) mass is 735 g/mol. The lowest BCUT2D eigenvalue weighted by atomic mass is 9.61. The van der Waals surface area contributed by atoms with Crippen molar-refractivity contribution in [1.82, 2.24) is 25.1 Å². The normalized spacial score (nSPS) is 20.2. The van der Waals surface area contributed by atoms with Gasteiger partial charge in [-0.05, 0) is 94.3 Å². The zero-order valence-electron chi connectivity index (χ0n) is 30.7. The third kappa shape index (κ3) is 6.69. The van der Waals surface area contributed by atoms with E-state index in [2.05, 4.69) is 43.5 Å². The van der Waals surface area contributed by atoms with Crippen LogP contribution in [0.25, 0.3) is 10.9 Å². The van der Waals surface area contributed by atoms with Gasteiger partial charge in [0.1, 0.15) is 29.7 Å². The molecule has 0 radical (unpaired) electrons. The molecule has 5 heterocycles. The van der Waals surface area contributed by atoms with Crippen molar-refractivity contribution in [2.75, 3.05) is 43.9 Å². The maximum absolute atomic E-state index is 15.3. The number of benzene rings is 2. The number of hydrogen-bond acceptors (Lipinski definition) is 8. The number of rotatable bonds is 11. The predicted molar refractivity (Wildman–Crippen MR) is 202 cm³/mol. The van der Waals surface area contributed by atoms with Crippen LogP contribution in [0, 0.1) is 11.2 Å². The Hall–Kier alpha value is -5.30. The highest BCUT2D eigenvalue weighted by Gasteiger charge is 2.48. The highest BCUT2D eigenvalue weighted by atomic mass is 19.1. The van der Waals surface area contributed by atoms with Gasteiger partial charge in [0, 0.05) is 85.4 Å². The number of H-pyrrole nitrogens is 1. The Bertz CT molecular complexity index is 2100. The zero-order chi connectivity index (χ0) is 37.6. The molecule has 1 spiro atoms. The molecule has 12 nitrogen and oxygen atoms in total. The fourth-order valence-corrected chi connectivity index (χ4v) is 9.06. The van der Waals surface area contributed by atoms with Crippen LogP contribution in [0.1, 0.15) is 89.4 Å². The SMILES string of the molecule is CNC(=O)C(CCC=O)N1Cc2c(cccc2N2CCC3(CC2)CC(Oc2ccc(C(=O)Nc4cc5[nH]c(C6CCCN6C)cc5cn4)c(F)c2)C3)C1=O. The third-order valence-electron chi connectivity index (χ3n) is 12.1. The lowest BCUT2D eigenvalue weighted by molar-refractivity contribution is -0.125. The van der Waals surface area contributed by atoms with Gasteiger partial charge in [0.25, 0.3) is 11.8 Å². The molecule has 3 aliphatic heterocycles. The average molecular weight is 736 g/mol. The van der Waals surface area contributed by atoms with E-state index < -0.39 is 17.8 Å². The lowest BCUT2D eigenvalue weighted by Crippen LogP contribution is -2.51. The smallest absolute Gasteiger partial charge is 0.259 e. The molecule has 1 saturated carbocycles.